The van der Waals surface area contributed by atoms with E-state index >= 15 is 0 Å². The number of aromatic nitrogens is 2. The molecule has 2 heterocycles. The molecular formula is C11H14N2O6. The molecular weight excluding hydrogens is 256 g/mol. The predicted octanol–water partition coefficient (Wildman–Crippen LogP) is 0.217. The van der Waals surface area contributed by atoms with Gasteiger partial charge in [0.2, 0.25) is 0 Å². The molecule has 0 saturated carbocycles. The zero-order chi connectivity index (χ0) is 14.0. The lowest BCUT2D eigenvalue weighted by Gasteiger charge is -2.15. The first-order valence-corrected chi connectivity index (χ1v) is 5.80. The average molecular weight is 270 g/mol. The Morgan fingerprint density at radius 3 is 3.00 bits per heavy atom. The number of carboxylic acid groups (broad SMARTS) is 1. The van der Waals surface area contributed by atoms with Gasteiger partial charge in [0.15, 0.2) is 0 Å². The van der Waals surface area contributed by atoms with E-state index in [1.54, 1.807) is 6.92 Å². The van der Waals surface area contributed by atoms with E-state index in [1.807, 2.05) is 0 Å². The quantitative estimate of drug-likeness (QED) is 0.760. The summed E-state index contributed by atoms with van der Waals surface area (Å²) in [6, 6.07) is 0. The molecule has 1 aromatic rings. The van der Waals surface area contributed by atoms with Gasteiger partial charge in [-0.15, -0.1) is 0 Å². The van der Waals surface area contributed by atoms with Crippen LogP contribution in [-0.4, -0.2) is 33.5 Å². The molecule has 104 valence electrons. The minimum Gasteiger partial charge on any atom is -0.450 e. The van der Waals surface area contributed by atoms with Crippen molar-refractivity contribution in [2.75, 3.05) is 6.61 Å². The number of H-pyrrole nitrogens is 1. The first kappa shape index (κ1) is 13.3. The van der Waals surface area contributed by atoms with Crippen LogP contribution < -0.4 is 11.2 Å². The van der Waals surface area contributed by atoms with Crippen molar-refractivity contribution in [1.82, 2.24) is 9.55 Å². The molecule has 1 aliphatic heterocycles. The third kappa shape index (κ3) is 3.02. The van der Waals surface area contributed by atoms with Crippen LogP contribution in [0.25, 0.3) is 0 Å². The Hall–Kier alpha value is -2.09. The largest absolute Gasteiger partial charge is 0.505 e. The molecule has 0 bridgehead atoms. The van der Waals surface area contributed by atoms with Crippen LogP contribution in [0.3, 0.4) is 0 Å². The summed E-state index contributed by atoms with van der Waals surface area (Å²) in [7, 11) is 0. The Balaban J connectivity index is 2.09. The third-order valence-electron chi connectivity index (χ3n) is 2.93. The van der Waals surface area contributed by atoms with Gasteiger partial charge in [-0.1, -0.05) is 0 Å². The van der Waals surface area contributed by atoms with Gasteiger partial charge in [-0.25, -0.2) is 9.59 Å². The van der Waals surface area contributed by atoms with Gasteiger partial charge in [-0.3, -0.25) is 14.3 Å². The highest BCUT2D eigenvalue weighted by Gasteiger charge is 2.28. The van der Waals surface area contributed by atoms with Gasteiger partial charge in [0.1, 0.15) is 12.8 Å². The molecule has 0 radical (unpaired) electrons. The van der Waals surface area contributed by atoms with E-state index in [0.29, 0.717) is 18.4 Å². The van der Waals surface area contributed by atoms with Crippen molar-refractivity contribution in [2.24, 2.45) is 0 Å². The van der Waals surface area contributed by atoms with Gasteiger partial charge in [-0.2, -0.15) is 0 Å². The zero-order valence-corrected chi connectivity index (χ0v) is 10.3. The fourth-order valence-corrected chi connectivity index (χ4v) is 1.98. The summed E-state index contributed by atoms with van der Waals surface area (Å²) in [5, 5.41) is 8.40. The smallest absolute Gasteiger partial charge is 0.450 e. The first-order valence-electron chi connectivity index (χ1n) is 5.80. The van der Waals surface area contributed by atoms with Gasteiger partial charge in [0.25, 0.3) is 5.56 Å². The van der Waals surface area contributed by atoms with E-state index in [1.165, 1.54) is 10.8 Å². The molecule has 0 aliphatic carbocycles. The maximum absolute atomic E-state index is 11.7. The van der Waals surface area contributed by atoms with Crippen LogP contribution in [0.4, 0.5) is 4.79 Å². The van der Waals surface area contributed by atoms with E-state index in [4.69, 9.17) is 9.84 Å². The van der Waals surface area contributed by atoms with Crippen LogP contribution in [0, 0.1) is 6.92 Å². The molecule has 0 spiro atoms. The molecule has 0 amide bonds. The summed E-state index contributed by atoms with van der Waals surface area (Å²) in [4.78, 5) is 35.4. The Kier molecular flexibility index (Phi) is 3.70. The fraction of sp³-hybridized carbons (Fsp3) is 0.545. The number of aryl methyl sites for hydroxylation is 1. The van der Waals surface area contributed by atoms with E-state index in [-0.39, 0.29) is 12.7 Å². The molecule has 8 heteroatoms. The second-order valence-corrected chi connectivity index (χ2v) is 4.35. The maximum atomic E-state index is 11.7. The number of hydrogen-bond acceptors (Lipinski definition) is 5. The third-order valence-corrected chi connectivity index (χ3v) is 2.93. The molecule has 1 aromatic heterocycles. The van der Waals surface area contributed by atoms with Crippen LogP contribution in [-0.2, 0) is 9.47 Å². The predicted molar refractivity (Wildman–Crippen MR) is 63.2 cm³/mol. The summed E-state index contributed by atoms with van der Waals surface area (Å²) >= 11 is 0. The molecule has 0 aromatic carbocycles. The standard InChI is InChI=1S/C11H14N2O6/c1-6-4-13(10(15)12-9(6)14)8-3-2-7(19-8)5-18-11(16)17/h4,7-8H,2-3,5H2,1H3,(H,16,17)(H,12,14,15)/t7-,8?/m0/s1. The normalized spacial score (nSPS) is 22.4. The van der Waals surface area contributed by atoms with Gasteiger partial charge >= 0.3 is 11.8 Å². The highest BCUT2D eigenvalue weighted by molar-refractivity contribution is 5.56. The van der Waals surface area contributed by atoms with Crippen molar-refractivity contribution in [3.8, 4) is 0 Å². The van der Waals surface area contributed by atoms with Crippen LogP contribution in [0.5, 0.6) is 0 Å². The minimum atomic E-state index is -1.36. The number of nitrogens with one attached hydrogen (secondary N) is 1. The monoisotopic (exact) mass is 270 g/mol. The number of hydrogen-bond donors (Lipinski definition) is 2. The van der Waals surface area contributed by atoms with Gasteiger partial charge in [0.05, 0.1) is 6.10 Å². The summed E-state index contributed by atoms with van der Waals surface area (Å²) in [5.74, 6) is 0. The van der Waals surface area contributed by atoms with Gasteiger partial charge in [0, 0.05) is 11.8 Å². The van der Waals surface area contributed by atoms with Gasteiger partial charge < -0.3 is 14.6 Å². The molecule has 19 heavy (non-hydrogen) atoms. The van der Waals surface area contributed by atoms with Crippen molar-refractivity contribution in [3.05, 3.63) is 32.6 Å². The summed E-state index contributed by atoms with van der Waals surface area (Å²) in [5.41, 5.74) is -0.557. The van der Waals surface area contributed by atoms with E-state index in [9.17, 15) is 14.4 Å². The van der Waals surface area contributed by atoms with Gasteiger partial charge in [-0.05, 0) is 19.8 Å². The molecule has 2 atom stereocenters. The number of nitrogens with zero attached hydrogens (tertiary/aromatic N) is 1. The second-order valence-electron chi connectivity index (χ2n) is 4.35. The zero-order valence-electron chi connectivity index (χ0n) is 10.3. The Morgan fingerprint density at radius 2 is 2.32 bits per heavy atom. The molecule has 1 unspecified atom stereocenters. The number of aromatic amines is 1. The average Bonchev–Trinajstić information content (AvgIpc) is 2.80. The topological polar surface area (TPSA) is 111 Å². The molecule has 1 saturated heterocycles. The van der Waals surface area contributed by atoms with Crippen molar-refractivity contribution in [2.45, 2.75) is 32.1 Å². The number of carbonyl (C=O) groups is 1. The number of rotatable bonds is 3. The Labute approximate surface area is 107 Å². The van der Waals surface area contributed by atoms with Crippen LogP contribution >= 0.6 is 0 Å². The van der Waals surface area contributed by atoms with E-state index in [0.717, 1.165) is 0 Å². The summed E-state index contributed by atoms with van der Waals surface area (Å²) < 4.78 is 11.3. The second kappa shape index (κ2) is 5.27. The van der Waals surface area contributed by atoms with E-state index < -0.39 is 23.6 Å². The van der Waals surface area contributed by atoms with Crippen LogP contribution in [0.2, 0.25) is 0 Å². The number of ether oxygens (including phenoxy) is 2. The van der Waals surface area contributed by atoms with Crippen molar-refractivity contribution < 1.29 is 19.4 Å². The first-order chi connectivity index (χ1) is 8.97. The fourth-order valence-electron chi connectivity index (χ4n) is 1.98. The lowest BCUT2D eigenvalue weighted by Crippen LogP contribution is -2.33. The summed E-state index contributed by atoms with van der Waals surface area (Å²) in [6.45, 7) is 1.53. The van der Waals surface area contributed by atoms with Crippen molar-refractivity contribution in [1.29, 1.82) is 0 Å². The SMILES string of the molecule is Cc1cn(C2CC[C@@H](COC(=O)O)O2)c(=O)[nH]c1=O. The highest BCUT2D eigenvalue weighted by Crippen LogP contribution is 2.27. The molecule has 2 N–H and O–H groups in total. The van der Waals surface area contributed by atoms with E-state index in [2.05, 4.69) is 9.72 Å². The maximum Gasteiger partial charge on any atom is 0.505 e. The molecule has 2 rings (SSSR count). The lowest BCUT2D eigenvalue weighted by molar-refractivity contribution is -0.0350. The highest BCUT2D eigenvalue weighted by atomic mass is 16.7. The van der Waals surface area contributed by atoms with Crippen LogP contribution in [0.15, 0.2) is 15.8 Å². The molecule has 1 aliphatic rings. The Bertz CT molecular complexity index is 590. The van der Waals surface area contributed by atoms with Crippen LogP contribution in [0.1, 0.15) is 24.6 Å². The molecule has 8 nitrogen and oxygen atoms in total. The summed E-state index contributed by atoms with van der Waals surface area (Å²) in [6.07, 6.45) is 0.336. The molecule has 1 fully saturated rings. The lowest BCUT2D eigenvalue weighted by atomic mass is 10.2. The van der Waals surface area contributed by atoms with Crippen molar-refractivity contribution >= 4 is 6.16 Å². The van der Waals surface area contributed by atoms with Crippen molar-refractivity contribution in [3.63, 3.8) is 0 Å². The Morgan fingerprint density at radius 1 is 1.58 bits per heavy atom. The minimum absolute atomic E-state index is 0.0665.